The molecule has 1 amide bonds. The van der Waals surface area contributed by atoms with E-state index < -0.39 is 0 Å². The highest BCUT2D eigenvalue weighted by Crippen LogP contribution is 1.93. The number of carbonyl (C=O) groups excluding carboxylic acids is 1. The first-order chi connectivity index (χ1) is 10.1. The van der Waals surface area contributed by atoms with E-state index in [0.717, 1.165) is 24.6 Å². The monoisotopic (exact) mass is 419 g/mol. The first-order valence-corrected chi connectivity index (χ1v) is 7.25. The maximum Gasteiger partial charge on any atom is 0.222 e. The van der Waals surface area contributed by atoms with E-state index in [-0.39, 0.29) is 35.8 Å². The molecule has 0 spiro atoms. The van der Waals surface area contributed by atoms with Crippen molar-refractivity contribution >= 4 is 35.8 Å². The van der Waals surface area contributed by atoms with Crippen LogP contribution in [0.25, 0.3) is 0 Å². The predicted octanol–water partition coefficient (Wildman–Crippen LogP) is 1.18. The van der Waals surface area contributed by atoms with Gasteiger partial charge < -0.3 is 16.0 Å². The molecule has 0 aliphatic heterocycles. The molecule has 1 aromatic heterocycles. The molecule has 0 fully saturated rings. The Morgan fingerprint density at radius 3 is 2.45 bits per heavy atom. The average Bonchev–Trinajstić information content (AvgIpc) is 2.50. The molecule has 0 aliphatic carbocycles. The zero-order valence-corrected chi connectivity index (χ0v) is 15.8. The van der Waals surface area contributed by atoms with Crippen molar-refractivity contribution in [2.45, 2.75) is 20.3 Å². The van der Waals surface area contributed by atoms with E-state index in [0.29, 0.717) is 13.1 Å². The largest absolute Gasteiger partial charge is 0.356 e. The molecule has 1 rings (SSSR count). The third-order valence-corrected chi connectivity index (χ3v) is 2.86. The van der Waals surface area contributed by atoms with Crippen molar-refractivity contribution < 1.29 is 4.79 Å². The summed E-state index contributed by atoms with van der Waals surface area (Å²) in [6.45, 7) is 5.73. The number of hydrogen-bond donors (Lipinski definition) is 3. The van der Waals surface area contributed by atoms with Gasteiger partial charge in [-0.1, -0.05) is 19.9 Å². The molecule has 0 unspecified atom stereocenters. The second kappa shape index (κ2) is 12.2. The number of amides is 1. The molecule has 7 heteroatoms. The van der Waals surface area contributed by atoms with Crippen molar-refractivity contribution in [2.24, 2.45) is 10.9 Å². The van der Waals surface area contributed by atoms with Crippen molar-refractivity contribution in [1.82, 2.24) is 20.9 Å². The topological polar surface area (TPSA) is 78.4 Å². The number of rotatable bonds is 7. The van der Waals surface area contributed by atoms with Crippen molar-refractivity contribution in [1.29, 1.82) is 0 Å². The zero-order chi connectivity index (χ0) is 15.5. The van der Waals surface area contributed by atoms with Gasteiger partial charge in [-0.2, -0.15) is 0 Å². The van der Waals surface area contributed by atoms with Crippen LogP contribution >= 0.6 is 24.0 Å². The zero-order valence-electron chi connectivity index (χ0n) is 13.4. The highest BCUT2D eigenvalue weighted by atomic mass is 127. The van der Waals surface area contributed by atoms with Crippen molar-refractivity contribution in [3.63, 3.8) is 0 Å². The summed E-state index contributed by atoms with van der Waals surface area (Å²) >= 11 is 0. The minimum absolute atomic E-state index is 0. The van der Waals surface area contributed by atoms with Gasteiger partial charge in [0.1, 0.15) is 0 Å². The smallest absolute Gasteiger partial charge is 0.222 e. The Morgan fingerprint density at radius 2 is 1.86 bits per heavy atom. The molecule has 0 radical (unpaired) electrons. The lowest BCUT2D eigenvalue weighted by molar-refractivity contribution is -0.123. The van der Waals surface area contributed by atoms with Gasteiger partial charge in [0.25, 0.3) is 0 Å². The number of aliphatic imine (C=N–C) groups is 1. The summed E-state index contributed by atoms with van der Waals surface area (Å²) in [6.07, 6.45) is 2.63. The SMILES string of the molecule is CN=C(NCCNC(=O)C(C)C)NCCc1ccccn1.I. The third kappa shape index (κ3) is 8.81. The van der Waals surface area contributed by atoms with E-state index in [1.54, 1.807) is 13.2 Å². The van der Waals surface area contributed by atoms with E-state index in [1.807, 2.05) is 32.0 Å². The van der Waals surface area contributed by atoms with Crippen molar-refractivity contribution in [2.75, 3.05) is 26.7 Å². The Labute approximate surface area is 149 Å². The first kappa shape index (κ1) is 20.6. The molecule has 1 aromatic rings. The van der Waals surface area contributed by atoms with Gasteiger partial charge in [-0.25, -0.2) is 0 Å². The van der Waals surface area contributed by atoms with E-state index >= 15 is 0 Å². The van der Waals surface area contributed by atoms with Crippen LogP contribution in [-0.2, 0) is 11.2 Å². The standard InChI is InChI=1S/C15H25N5O.HI/c1-12(2)14(21)18-10-11-20-15(16-3)19-9-7-13-6-4-5-8-17-13;/h4-6,8,12H,7,9-11H2,1-3H3,(H,18,21)(H2,16,19,20);1H. The van der Waals surface area contributed by atoms with Gasteiger partial charge in [-0.15, -0.1) is 24.0 Å². The Hall–Kier alpha value is -1.38. The van der Waals surface area contributed by atoms with Crippen molar-refractivity contribution in [3.8, 4) is 0 Å². The van der Waals surface area contributed by atoms with Crippen LogP contribution in [0.15, 0.2) is 29.4 Å². The van der Waals surface area contributed by atoms with Crippen LogP contribution in [0.3, 0.4) is 0 Å². The van der Waals surface area contributed by atoms with E-state index in [9.17, 15) is 4.79 Å². The van der Waals surface area contributed by atoms with Gasteiger partial charge in [-0.3, -0.25) is 14.8 Å². The van der Waals surface area contributed by atoms with Gasteiger partial charge >= 0.3 is 0 Å². The molecular formula is C15H26IN5O. The molecule has 0 aromatic carbocycles. The number of guanidine groups is 1. The van der Waals surface area contributed by atoms with E-state index in [2.05, 4.69) is 25.9 Å². The minimum Gasteiger partial charge on any atom is -0.356 e. The molecule has 0 saturated carbocycles. The summed E-state index contributed by atoms with van der Waals surface area (Å²) < 4.78 is 0. The molecule has 0 atom stereocenters. The number of nitrogens with zero attached hydrogens (tertiary/aromatic N) is 2. The molecule has 3 N–H and O–H groups in total. The van der Waals surface area contributed by atoms with Crippen LogP contribution in [0, 0.1) is 5.92 Å². The van der Waals surface area contributed by atoms with Gasteiger partial charge in [0.2, 0.25) is 5.91 Å². The summed E-state index contributed by atoms with van der Waals surface area (Å²) in [7, 11) is 1.72. The normalized spacial score (nSPS) is 10.8. The summed E-state index contributed by atoms with van der Waals surface area (Å²) in [5.74, 6) is 0.806. The van der Waals surface area contributed by atoms with Gasteiger partial charge in [0.05, 0.1) is 0 Å². The predicted molar refractivity (Wildman–Crippen MR) is 101 cm³/mol. The third-order valence-electron chi connectivity index (χ3n) is 2.86. The fraction of sp³-hybridized carbons (Fsp3) is 0.533. The minimum atomic E-state index is 0. The molecule has 0 saturated heterocycles. The van der Waals surface area contributed by atoms with Crippen LogP contribution in [0.1, 0.15) is 19.5 Å². The lowest BCUT2D eigenvalue weighted by Gasteiger charge is -2.12. The van der Waals surface area contributed by atoms with Gasteiger partial charge in [-0.05, 0) is 12.1 Å². The molecule has 1 heterocycles. The second-order valence-electron chi connectivity index (χ2n) is 4.94. The van der Waals surface area contributed by atoms with Crippen LogP contribution in [0.5, 0.6) is 0 Å². The second-order valence-corrected chi connectivity index (χ2v) is 4.94. The number of hydrogen-bond acceptors (Lipinski definition) is 3. The Kier molecular flexibility index (Phi) is 11.4. The summed E-state index contributed by atoms with van der Waals surface area (Å²) in [5.41, 5.74) is 1.05. The maximum absolute atomic E-state index is 11.4. The van der Waals surface area contributed by atoms with Gasteiger partial charge in [0.15, 0.2) is 5.96 Å². The molecular weight excluding hydrogens is 393 g/mol. The van der Waals surface area contributed by atoms with Crippen molar-refractivity contribution in [3.05, 3.63) is 30.1 Å². The lowest BCUT2D eigenvalue weighted by atomic mass is 10.2. The van der Waals surface area contributed by atoms with Crippen LogP contribution in [-0.4, -0.2) is 43.5 Å². The lowest BCUT2D eigenvalue weighted by Crippen LogP contribution is -2.42. The van der Waals surface area contributed by atoms with Crippen LogP contribution in [0.4, 0.5) is 0 Å². The molecule has 22 heavy (non-hydrogen) atoms. The number of aromatic nitrogens is 1. The number of pyridine rings is 1. The number of nitrogens with one attached hydrogen (secondary N) is 3. The fourth-order valence-corrected chi connectivity index (χ4v) is 1.65. The maximum atomic E-state index is 11.4. The summed E-state index contributed by atoms with van der Waals surface area (Å²) in [4.78, 5) is 19.8. The quantitative estimate of drug-likeness (QED) is 0.269. The number of halogens is 1. The number of carbonyl (C=O) groups is 1. The van der Waals surface area contributed by atoms with Gasteiger partial charge in [0, 0.05) is 50.9 Å². The van der Waals surface area contributed by atoms with Crippen LogP contribution in [0.2, 0.25) is 0 Å². The molecule has 0 bridgehead atoms. The summed E-state index contributed by atoms with van der Waals surface area (Å²) in [6, 6.07) is 5.88. The molecule has 6 nitrogen and oxygen atoms in total. The highest BCUT2D eigenvalue weighted by molar-refractivity contribution is 14.0. The van der Waals surface area contributed by atoms with Crippen LogP contribution < -0.4 is 16.0 Å². The average molecular weight is 419 g/mol. The Morgan fingerprint density at radius 1 is 1.18 bits per heavy atom. The summed E-state index contributed by atoms with van der Waals surface area (Å²) in [5, 5.41) is 9.22. The highest BCUT2D eigenvalue weighted by Gasteiger charge is 2.05. The molecule has 124 valence electrons. The Bertz CT molecular complexity index is 451. The van der Waals surface area contributed by atoms with E-state index in [4.69, 9.17) is 0 Å². The fourth-order valence-electron chi connectivity index (χ4n) is 1.65. The Balaban J connectivity index is 0.00000441. The van der Waals surface area contributed by atoms with E-state index in [1.165, 1.54) is 0 Å². The first-order valence-electron chi connectivity index (χ1n) is 7.25. The molecule has 0 aliphatic rings.